The van der Waals surface area contributed by atoms with E-state index < -0.39 is 55.7 Å². The van der Waals surface area contributed by atoms with Gasteiger partial charge in [0.15, 0.2) is 0 Å². The molecule has 25 heavy (non-hydrogen) atoms. The Morgan fingerprint density at radius 1 is 1.52 bits per heavy atom. The Hall–Kier alpha value is -1.82. The molecule has 5 N–H and O–H groups in total. The molecule has 4 atom stereocenters. The number of hydrogen-bond donors (Lipinski definition) is 5. The summed E-state index contributed by atoms with van der Waals surface area (Å²) < 4.78 is 22.2. The Labute approximate surface area is 139 Å². The Bertz CT molecular complexity index is 811. The third kappa shape index (κ3) is 4.42. The molecule has 1 aliphatic heterocycles. The summed E-state index contributed by atoms with van der Waals surface area (Å²) in [4.78, 5) is 54.0. The zero-order chi connectivity index (χ0) is 18.9. The Morgan fingerprint density at radius 3 is 2.72 bits per heavy atom. The van der Waals surface area contributed by atoms with Crippen molar-refractivity contribution in [1.82, 2.24) is 9.55 Å². The van der Waals surface area contributed by atoms with Crippen LogP contribution in [0.2, 0.25) is 0 Å². The second-order valence-corrected chi connectivity index (χ2v) is 7.17. The van der Waals surface area contributed by atoms with Gasteiger partial charge in [-0.3, -0.25) is 18.9 Å². The van der Waals surface area contributed by atoms with Crippen LogP contribution in [0.15, 0.2) is 15.8 Å². The van der Waals surface area contributed by atoms with Crippen LogP contribution in [-0.4, -0.2) is 60.2 Å². The van der Waals surface area contributed by atoms with Crippen LogP contribution < -0.4 is 11.2 Å². The van der Waals surface area contributed by atoms with E-state index in [2.05, 4.69) is 9.72 Å². The van der Waals surface area contributed by atoms with Crippen LogP contribution in [0.3, 0.4) is 0 Å². The smallest absolute Gasteiger partial charge is 0.365 e. The average Bonchev–Trinajstić information content (AvgIpc) is 2.82. The van der Waals surface area contributed by atoms with Gasteiger partial charge in [0, 0.05) is 18.2 Å². The molecule has 140 valence electrons. The van der Waals surface area contributed by atoms with E-state index in [-0.39, 0.29) is 12.0 Å². The molecule has 0 aliphatic carbocycles. The molecule has 1 fully saturated rings. The van der Waals surface area contributed by atoms with E-state index in [1.807, 2.05) is 0 Å². The number of aliphatic carboxylic acids is 1. The second kappa shape index (κ2) is 7.20. The highest BCUT2D eigenvalue weighted by Gasteiger charge is 2.41. The summed E-state index contributed by atoms with van der Waals surface area (Å²) in [7, 11) is -5.06. The molecule has 0 saturated carbocycles. The second-order valence-electron chi connectivity index (χ2n) is 5.52. The predicted molar refractivity (Wildman–Crippen MR) is 80.0 cm³/mol. The molecule has 0 bridgehead atoms. The largest absolute Gasteiger partial charge is 0.479 e. The summed E-state index contributed by atoms with van der Waals surface area (Å²) >= 11 is 0. The van der Waals surface area contributed by atoms with E-state index in [1.165, 1.54) is 13.1 Å². The van der Waals surface area contributed by atoms with E-state index in [4.69, 9.17) is 19.6 Å². The normalized spacial score (nSPS) is 25.0. The van der Waals surface area contributed by atoms with Crippen molar-refractivity contribution in [3.8, 4) is 0 Å². The van der Waals surface area contributed by atoms with Gasteiger partial charge in [-0.1, -0.05) is 0 Å². The van der Waals surface area contributed by atoms with Crippen LogP contribution in [0.4, 0.5) is 0 Å². The van der Waals surface area contributed by atoms with Gasteiger partial charge >= 0.3 is 19.3 Å². The number of nitrogens with zero attached hydrogens (tertiary/aromatic N) is 1. The number of ether oxygens (including phenoxy) is 2. The minimum absolute atomic E-state index is 0.0624. The van der Waals surface area contributed by atoms with Crippen molar-refractivity contribution < 1.29 is 38.8 Å². The average molecular weight is 380 g/mol. The molecule has 1 aromatic heterocycles. The van der Waals surface area contributed by atoms with Crippen LogP contribution >= 0.6 is 7.60 Å². The van der Waals surface area contributed by atoms with Crippen molar-refractivity contribution in [3.05, 3.63) is 32.6 Å². The number of aliphatic hydroxyl groups is 1. The highest BCUT2D eigenvalue weighted by atomic mass is 31.2. The molecular weight excluding hydrogens is 363 g/mol. The number of carbonyl (C=O) groups is 1. The van der Waals surface area contributed by atoms with Gasteiger partial charge in [-0.05, 0) is 6.92 Å². The first-order valence-electron chi connectivity index (χ1n) is 7.06. The van der Waals surface area contributed by atoms with Gasteiger partial charge in [0.25, 0.3) is 11.4 Å². The maximum atomic E-state index is 11.8. The summed E-state index contributed by atoms with van der Waals surface area (Å²) in [5.41, 5.74) is -1.08. The van der Waals surface area contributed by atoms with Crippen LogP contribution in [0.5, 0.6) is 0 Å². The lowest BCUT2D eigenvalue weighted by Gasteiger charge is -2.19. The van der Waals surface area contributed by atoms with E-state index in [9.17, 15) is 24.1 Å². The molecule has 13 heteroatoms. The minimum Gasteiger partial charge on any atom is -0.479 e. The molecule has 1 unspecified atom stereocenters. The minimum atomic E-state index is -5.06. The van der Waals surface area contributed by atoms with Gasteiger partial charge < -0.3 is 29.5 Å². The fourth-order valence-electron chi connectivity index (χ4n) is 2.33. The van der Waals surface area contributed by atoms with Gasteiger partial charge in [-0.25, -0.2) is 9.59 Å². The number of H-pyrrole nitrogens is 1. The summed E-state index contributed by atoms with van der Waals surface area (Å²) in [6.45, 7) is 0.856. The number of aryl methyl sites for hydroxylation is 1. The fraction of sp³-hybridized carbons (Fsp3) is 0.583. The van der Waals surface area contributed by atoms with Crippen molar-refractivity contribution in [2.75, 3.05) is 6.61 Å². The van der Waals surface area contributed by atoms with Crippen molar-refractivity contribution in [1.29, 1.82) is 0 Å². The molecule has 1 saturated heterocycles. The number of aromatic nitrogens is 2. The first kappa shape index (κ1) is 19.5. The zero-order valence-electron chi connectivity index (χ0n) is 12.9. The van der Waals surface area contributed by atoms with E-state index in [0.717, 1.165) is 4.57 Å². The summed E-state index contributed by atoms with van der Waals surface area (Å²) in [5, 5.41) is 18.7. The Balaban J connectivity index is 2.10. The summed E-state index contributed by atoms with van der Waals surface area (Å²) in [6, 6.07) is 0. The van der Waals surface area contributed by atoms with E-state index in [0.29, 0.717) is 0 Å². The molecule has 2 rings (SSSR count). The fourth-order valence-corrected chi connectivity index (χ4v) is 2.90. The van der Waals surface area contributed by atoms with Crippen LogP contribution in [-0.2, 0) is 18.8 Å². The summed E-state index contributed by atoms with van der Waals surface area (Å²) in [6.07, 6.45) is -2.05. The standard InChI is InChI=1S/C12H17N2O10P/c1-5-3-14(12(19)13-9(5)16)8-2-6(15)7(24-8)4-23-11(10(17)18)25(20,21)22/h3,6-8,11,15H,2,4H2,1H3,(H,17,18)(H,13,16,19)(H2,20,21,22)/t6-,7+,8+,11?/m0/s1. The molecular formula is C12H17N2O10P. The lowest BCUT2D eigenvalue weighted by molar-refractivity contribution is -0.149. The third-order valence-electron chi connectivity index (χ3n) is 3.60. The lowest BCUT2D eigenvalue weighted by atomic mass is 10.2. The van der Waals surface area contributed by atoms with E-state index in [1.54, 1.807) is 0 Å². The van der Waals surface area contributed by atoms with Gasteiger partial charge in [-0.15, -0.1) is 0 Å². The molecule has 0 spiro atoms. The molecule has 1 aliphatic rings. The van der Waals surface area contributed by atoms with Gasteiger partial charge in [0.2, 0.25) is 0 Å². The van der Waals surface area contributed by atoms with Crippen LogP contribution in [0.25, 0.3) is 0 Å². The number of rotatable bonds is 6. The van der Waals surface area contributed by atoms with Crippen molar-refractivity contribution in [3.63, 3.8) is 0 Å². The number of aliphatic hydroxyl groups excluding tert-OH is 1. The highest BCUT2D eigenvalue weighted by molar-refractivity contribution is 7.53. The Kier molecular flexibility index (Phi) is 5.62. The summed E-state index contributed by atoms with van der Waals surface area (Å²) in [5.74, 6) is -4.25. The predicted octanol–water partition coefficient (Wildman–Crippen LogP) is -1.90. The van der Waals surface area contributed by atoms with Gasteiger partial charge in [-0.2, -0.15) is 0 Å². The van der Waals surface area contributed by atoms with Crippen molar-refractivity contribution >= 4 is 13.6 Å². The Morgan fingerprint density at radius 2 is 2.16 bits per heavy atom. The van der Waals surface area contributed by atoms with Gasteiger partial charge in [0.1, 0.15) is 12.3 Å². The number of carboxylic acids is 1. The molecule has 1 aromatic rings. The third-order valence-corrected chi connectivity index (χ3v) is 4.58. The van der Waals surface area contributed by atoms with Crippen molar-refractivity contribution in [2.24, 2.45) is 0 Å². The first-order valence-corrected chi connectivity index (χ1v) is 8.74. The number of hydrogen-bond acceptors (Lipinski definition) is 7. The maximum Gasteiger partial charge on any atom is 0.365 e. The molecule has 0 amide bonds. The van der Waals surface area contributed by atoms with E-state index >= 15 is 0 Å². The van der Waals surface area contributed by atoms with Gasteiger partial charge in [0.05, 0.1) is 12.7 Å². The highest BCUT2D eigenvalue weighted by Crippen LogP contribution is 2.42. The quantitative estimate of drug-likeness (QED) is 0.349. The van der Waals surface area contributed by atoms with Crippen molar-refractivity contribution in [2.45, 2.75) is 37.6 Å². The topological polar surface area (TPSA) is 188 Å². The number of nitrogens with one attached hydrogen (secondary N) is 1. The number of aromatic amines is 1. The van der Waals surface area contributed by atoms with Crippen LogP contribution in [0, 0.1) is 6.92 Å². The molecule has 2 heterocycles. The molecule has 0 aromatic carbocycles. The lowest BCUT2D eigenvalue weighted by Crippen LogP contribution is -2.34. The maximum absolute atomic E-state index is 11.8. The molecule has 0 radical (unpaired) electrons. The monoisotopic (exact) mass is 380 g/mol. The number of carboxylic acid groups (broad SMARTS) is 1. The van der Waals surface area contributed by atoms with Crippen LogP contribution in [0.1, 0.15) is 18.2 Å². The zero-order valence-corrected chi connectivity index (χ0v) is 13.8. The molecule has 12 nitrogen and oxygen atoms in total. The SMILES string of the molecule is Cc1cn([C@H]2C[C@H](O)[C@@H](COC(C(=O)O)P(=O)(O)O)O2)c(=O)[nH]c1=O. The first-order chi connectivity index (χ1) is 11.5.